The number of aliphatic hydroxyl groups excluding tert-OH is 1. The minimum absolute atomic E-state index is 0.330. The Morgan fingerprint density at radius 2 is 2.20 bits per heavy atom. The fraction of sp³-hybridized carbons (Fsp3) is 0.700. The number of aliphatic hydroxyl groups is 1. The molecule has 0 saturated carbocycles. The molecule has 0 bridgehead atoms. The Labute approximate surface area is 95.5 Å². The van der Waals surface area contributed by atoms with Crippen molar-refractivity contribution in [2.45, 2.75) is 26.5 Å². The van der Waals surface area contributed by atoms with E-state index < -0.39 is 0 Å². The number of aromatic nitrogens is 2. The molecule has 0 saturated heterocycles. The second-order valence-electron chi connectivity index (χ2n) is 4.02. The molecule has 0 spiro atoms. The van der Waals surface area contributed by atoms with Crippen LogP contribution in [0.2, 0.25) is 5.02 Å². The lowest BCUT2D eigenvalue weighted by atomic mass is 10.3. The maximum absolute atomic E-state index is 9.25. The number of hydrogen-bond donors (Lipinski definition) is 1. The zero-order valence-corrected chi connectivity index (χ0v) is 10.4. The lowest BCUT2D eigenvalue weighted by molar-refractivity contribution is 0.137. The zero-order chi connectivity index (χ0) is 11.6. The summed E-state index contributed by atoms with van der Waals surface area (Å²) in [5, 5.41) is 14.2. The summed E-state index contributed by atoms with van der Waals surface area (Å²) < 4.78 is 1.79. The van der Waals surface area contributed by atoms with Crippen LogP contribution in [0.4, 0.5) is 0 Å². The van der Waals surface area contributed by atoms with Crippen molar-refractivity contribution in [1.29, 1.82) is 0 Å². The Morgan fingerprint density at radius 3 is 2.60 bits per heavy atom. The highest BCUT2D eigenvalue weighted by molar-refractivity contribution is 6.31. The normalized spacial score (nSPS) is 13.5. The highest BCUT2D eigenvalue weighted by atomic mass is 35.5. The van der Waals surface area contributed by atoms with E-state index >= 15 is 0 Å². The minimum atomic E-state index is -0.330. The number of nitrogens with zero attached hydrogens (tertiary/aromatic N) is 3. The highest BCUT2D eigenvalue weighted by Crippen LogP contribution is 2.20. The quantitative estimate of drug-likeness (QED) is 0.847. The summed E-state index contributed by atoms with van der Waals surface area (Å²) in [6.45, 7) is 4.98. The molecular formula is C10H18ClN3O. The van der Waals surface area contributed by atoms with Crippen LogP contribution in [0.25, 0.3) is 0 Å². The maximum Gasteiger partial charge on any atom is 0.0860 e. The third-order valence-corrected chi connectivity index (χ3v) is 2.75. The van der Waals surface area contributed by atoms with E-state index in [9.17, 15) is 5.11 Å². The third kappa shape index (κ3) is 3.19. The molecule has 0 radical (unpaired) electrons. The molecule has 1 rings (SSSR count). The van der Waals surface area contributed by atoms with Gasteiger partial charge in [-0.2, -0.15) is 5.10 Å². The van der Waals surface area contributed by atoms with Crippen LogP contribution >= 0.6 is 11.6 Å². The molecule has 1 heterocycles. The zero-order valence-electron chi connectivity index (χ0n) is 9.66. The van der Waals surface area contributed by atoms with Crippen LogP contribution in [0.1, 0.15) is 18.3 Å². The van der Waals surface area contributed by atoms with Gasteiger partial charge in [0.25, 0.3) is 0 Å². The highest BCUT2D eigenvalue weighted by Gasteiger charge is 2.13. The molecule has 0 aliphatic rings. The molecule has 0 amide bonds. The Balaban J connectivity index is 2.71. The summed E-state index contributed by atoms with van der Waals surface area (Å²) in [6, 6.07) is 0. The van der Waals surface area contributed by atoms with Crippen molar-refractivity contribution in [3.63, 3.8) is 0 Å². The molecule has 0 aliphatic heterocycles. The van der Waals surface area contributed by atoms with Gasteiger partial charge in [-0.05, 0) is 20.9 Å². The lowest BCUT2D eigenvalue weighted by Crippen LogP contribution is -2.27. The van der Waals surface area contributed by atoms with Crippen molar-refractivity contribution in [3.05, 3.63) is 16.4 Å². The topological polar surface area (TPSA) is 41.3 Å². The average Bonchev–Trinajstić information content (AvgIpc) is 2.31. The van der Waals surface area contributed by atoms with Crippen molar-refractivity contribution < 1.29 is 5.11 Å². The molecular weight excluding hydrogens is 214 g/mol. The molecule has 1 aromatic rings. The summed E-state index contributed by atoms with van der Waals surface area (Å²) in [7, 11) is 3.83. The molecule has 5 heteroatoms. The molecule has 1 unspecified atom stereocenters. The minimum Gasteiger partial charge on any atom is -0.392 e. The van der Waals surface area contributed by atoms with Crippen molar-refractivity contribution in [2.24, 2.45) is 7.05 Å². The van der Waals surface area contributed by atoms with E-state index in [1.165, 1.54) is 0 Å². The standard InChI is InChI=1S/C10H18ClN3O/c1-7(15)5-13(3)6-9-10(11)8(2)12-14(9)4/h7,15H,5-6H2,1-4H3. The summed E-state index contributed by atoms with van der Waals surface area (Å²) in [5.41, 5.74) is 1.83. The molecule has 0 aromatic carbocycles. The molecule has 1 atom stereocenters. The van der Waals surface area contributed by atoms with E-state index in [1.807, 2.05) is 25.9 Å². The van der Waals surface area contributed by atoms with Crippen LogP contribution in [0, 0.1) is 6.92 Å². The SMILES string of the molecule is Cc1nn(C)c(CN(C)CC(C)O)c1Cl. The molecule has 0 aliphatic carbocycles. The Morgan fingerprint density at radius 1 is 1.60 bits per heavy atom. The summed E-state index contributed by atoms with van der Waals surface area (Å²) in [4.78, 5) is 2.02. The van der Waals surface area contributed by atoms with Crippen LogP contribution in [0.15, 0.2) is 0 Å². The first-order valence-corrected chi connectivity index (χ1v) is 5.34. The number of likely N-dealkylation sites (N-methyl/N-ethyl adjacent to an activating group) is 1. The van der Waals surface area contributed by atoms with E-state index in [0.717, 1.165) is 16.4 Å². The van der Waals surface area contributed by atoms with Crippen LogP contribution in [0.3, 0.4) is 0 Å². The van der Waals surface area contributed by atoms with Gasteiger partial charge in [0, 0.05) is 20.1 Å². The predicted octanol–water partition coefficient (Wildman–Crippen LogP) is 1.19. The van der Waals surface area contributed by atoms with Crippen LogP contribution in [-0.2, 0) is 13.6 Å². The smallest absolute Gasteiger partial charge is 0.0860 e. The molecule has 1 N–H and O–H groups in total. The fourth-order valence-corrected chi connectivity index (χ4v) is 1.84. The van der Waals surface area contributed by atoms with Crippen LogP contribution < -0.4 is 0 Å². The summed E-state index contributed by atoms with van der Waals surface area (Å²) >= 11 is 6.12. The van der Waals surface area contributed by atoms with Gasteiger partial charge in [0.1, 0.15) is 0 Å². The summed E-state index contributed by atoms with van der Waals surface area (Å²) in [6.07, 6.45) is -0.330. The first-order valence-electron chi connectivity index (χ1n) is 4.96. The predicted molar refractivity (Wildman–Crippen MR) is 61.0 cm³/mol. The second kappa shape index (κ2) is 4.96. The van der Waals surface area contributed by atoms with Crippen LogP contribution in [-0.4, -0.2) is 39.5 Å². The van der Waals surface area contributed by atoms with Crippen molar-refractivity contribution in [3.8, 4) is 0 Å². The van der Waals surface area contributed by atoms with E-state index in [-0.39, 0.29) is 6.10 Å². The van der Waals surface area contributed by atoms with Gasteiger partial charge in [-0.25, -0.2) is 0 Å². The Kier molecular flexibility index (Phi) is 4.13. The number of aryl methyl sites for hydroxylation is 2. The number of halogens is 1. The molecule has 15 heavy (non-hydrogen) atoms. The van der Waals surface area contributed by atoms with Gasteiger partial charge >= 0.3 is 0 Å². The van der Waals surface area contributed by atoms with Crippen LogP contribution in [0.5, 0.6) is 0 Å². The first-order chi connectivity index (χ1) is 6.91. The van der Waals surface area contributed by atoms with E-state index in [4.69, 9.17) is 11.6 Å². The first kappa shape index (κ1) is 12.5. The largest absolute Gasteiger partial charge is 0.392 e. The van der Waals surface area contributed by atoms with Crippen molar-refractivity contribution >= 4 is 11.6 Å². The van der Waals surface area contributed by atoms with Crippen molar-refractivity contribution in [1.82, 2.24) is 14.7 Å². The Hall–Kier alpha value is -0.580. The van der Waals surface area contributed by atoms with Gasteiger partial charge in [0.15, 0.2) is 0 Å². The maximum atomic E-state index is 9.25. The number of rotatable bonds is 4. The van der Waals surface area contributed by atoms with E-state index in [0.29, 0.717) is 13.1 Å². The molecule has 86 valence electrons. The fourth-order valence-electron chi connectivity index (χ4n) is 1.62. The van der Waals surface area contributed by atoms with Gasteiger partial charge in [-0.3, -0.25) is 9.58 Å². The Bertz CT molecular complexity index is 336. The average molecular weight is 232 g/mol. The van der Waals surface area contributed by atoms with Gasteiger partial charge < -0.3 is 5.11 Å². The molecule has 0 fully saturated rings. The third-order valence-electron chi connectivity index (χ3n) is 2.26. The van der Waals surface area contributed by atoms with Gasteiger partial charge in [0.2, 0.25) is 0 Å². The monoisotopic (exact) mass is 231 g/mol. The molecule has 4 nitrogen and oxygen atoms in total. The lowest BCUT2D eigenvalue weighted by Gasteiger charge is -2.18. The van der Waals surface area contributed by atoms with Gasteiger partial charge in [0.05, 0.1) is 22.5 Å². The summed E-state index contributed by atoms with van der Waals surface area (Å²) in [5.74, 6) is 0. The van der Waals surface area contributed by atoms with Gasteiger partial charge in [-0.15, -0.1) is 0 Å². The van der Waals surface area contributed by atoms with E-state index in [1.54, 1.807) is 11.6 Å². The van der Waals surface area contributed by atoms with Gasteiger partial charge in [-0.1, -0.05) is 11.6 Å². The van der Waals surface area contributed by atoms with Crippen molar-refractivity contribution in [2.75, 3.05) is 13.6 Å². The second-order valence-corrected chi connectivity index (χ2v) is 4.39. The number of hydrogen-bond acceptors (Lipinski definition) is 3. The molecule has 1 aromatic heterocycles. The van der Waals surface area contributed by atoms with E-state index in [2.05, 4.69) is 5.10 Å².